The Morgan fingerprint density at radius 3 is 1.50 bits per heavy atom. The molecule has 0 spiro atoms. The summed E-state index contributed by atoms with van der Waals surface area (Å²) >= 11 is 0. The van der Waals surface area contributed by atoms with Crippen LogP contribution in [0.4, 0.5) is 11.4 Å². The highest BCUT2D eigenvalue weighted by Crippen LogP contribution is 2.73. The van der Waals surface area contributed by atoms with Crippen LogP contribution < -0.4 is 4.90 Å². The summed E-state index contributed by atoms with van der Waals surface area (Å²) in [7, 11) is 0. The van der Waals surface area contributed by atoms with Gasteiger partial charge in [-0.1, -0.05) is 60.7 Å². The number of Topliss-reactive ketones (excluding diaryl/α,β-unsaturated/α-hetero) is 1. The predicted octanol–water partition coefficient (Wildman–Crippen LogP) is 4.92. The molecule has 1 aliphatic heterocycles. The Hall–Kier alpha value is -4.39. The summed E-state index contributed by atoms with van der Waals surface area (Å²) in [6.07, 6.45) is 0. The molecule has 3 aromatic carbocycles. The first-order valence-corrected chi connectivity index (χ1v) is 11.8. The number of non-ortho nitro benzene ring substituents is 1. The van der Waals surface area contributed by atoms with E-state index >= 15 is 0 Å². The number of rotatable bonds is 4. The highest BCUT2D eigenvalue weighted by molar-refractivity contribution is 6.34. The van der Waals surface area contributed by atoms with Gasteiger partial charge in [0.2, 0.25) is 11.8 Å². The summed E-state index contributed by atoms with van der Waals surface area (Å²) in [5, 5.41) is 11.1. The summed E-state index contributed by atoms with van der Waals surface area (Å²) in [6.45, 7) is 3.59. The number of nitro benzene ring substituents is 1. The molecule has 2 fully saturated rings. The van der Waals surface area contributed by atoms with Crippen LogP contribution >= 0.6 is 0 Å². The third kappa shape index (κ3) is 2.54. The zero-order chi connectivity index (χ0) is 25.4. The molecule has 1 saturated carbocycles. The summed E-state index contributed by atoms with van der Waals surface area (Å²) in [4.78, 5) is 53.7. The summed E-state index contributed by atoms with van der Waals surface area (Å²) in [5.41, 5.74) is 1.01. The number of fused-ring (bicyclic) bond motifs is 5. The van der Waals surface area contributed by atoms with E-state index in [1.54, 1.807) is 13.8 Å². The first-order chi connectivity index (χ1) is 17.2. The molecule has 2 amide bonds. The van der Waals surface area contributed by atoms with Crippen molar-refractivity contribution >= 4 is 40.1 Å². The maximum Gasteiger partial charge on any atom is 0.269 e. The average molecular weight is 479 g/mol. The Balaban J connectivity index is 1.57. The van der Waals surface area contributed by atoms with E-state index in [4.69, 9.17) is 0 Å². The SMILES string of the molecule is C[C@]12C(=O)[C@](C)(C(c3ccccc3)=C1c1ccccc1)[C@H]1C(=O)N(c3ccc([N+](=O)[O-])cc3)C(=O)[C@@H]12. The van der Waals surface area contributed by atoms with E-state index in [2.05, 4.69) is 0 Å². The molecule has 0 N–H and O–H groups in total. The van der Waals surface area contributed by atoms with Gasteiger partial charge in [-0.2, -0.15) is 0 Å². The first-order valence-electron chi connectivity index (χ1n) is 11.8. The number of hydrogen-bond donors (Lipinski definition) is 0. The van der Waals surface area contributed by atoms with Crippen molar-refractivity contribution in [3.63, 3.8) is 0 Å². The molecule has 2 aliphatic carbocycles. The Labute approximate surface area is 207 Å². The monoisotopic (exact) mass is 478 g/mol. The fourth-order valence-electron chi connectivity index (χ4n) is 6.79. The molecule has 178 valence electrons. The van der Waals surface area contributed by atoms with E-state index < -0.39 is 39.4 Å². The highest BCUT2D eigenvalue weighted by atomic mass is 16.6. The summed E-state index contributed by atoms with van der Waals surface area (Å²) < 4.78 is 0. The zero-order valence-corrected chi connectivity index (χ0v) is 19.7. The molecule has 1 heterocycles. The Bertz CT molecular complexity index is 1410. The van der Waals surface area contributed by atoms with Crippen LogP contribution in [0.5, 0.6) is 0 Å². The van der Waals surface area contributed by atoms with Gasteiger partial charge >= 0.3 is 0 Å². The predicted molar refractivity (Wildman–Crippen MR) is 133 cm³/mol. The van der Waals surface area contributed by atoms with Crippen LogP contribution in [-0.4, -0.2) is 22.5 Å². The number of imide groups is 1. The Morgan fingerprint density at radius 1 is 0.694 bits per heavy atom. The Kier molecular flexibility index (Phi) is 4.48. The van der Waals surface area contributed by atoms with Gasteiger partial charge in [0, 0.05) is 12.1 Å². The van der Waals surface area contributed by atoms with Crippen molar-refractivity contribution < 1.29 is 19.3 Å². The van der Waals surface area contributed by atoms with Gasteiger partial charge < -0.3 is 0 Å². The lowest BCUT2D eigenvalue weighted by molar-refractivity contribution is -0.384. The first kappa shape index (κ1) is 22.1. The number of allylic oxidation sites excluding steroid dienone is 2. The van der Waals surface area contributed by atoms with Gasteiger partial charge in [0.05, 0.1) is 33.3 Å². The minimum Gasteiger partial charge on any atom is -0.298 e. The Morgan fingerprint density at radius 2 is 1.11 bits per heavy atom. The highest BCUT2D eigenvalue weighted by Gasteiger charge is 2.78. The summed E-state index contributed by atoms with van der Waals surface area (Å²) in [5.74, 6) is -2.73. The fraction of sp³-hybridized carbons (Fsp3) is 0.207. The number of carbonyl (C=O) groups excluding carboxylic acids is 3. The third-order valence-electron chi connectivity index (χ3n) is 8.23. The molecule has 7 heteroatoms. The van der Waals surface area contributed by atoms with Crippen LogP contribution in [0.1, 0.15) is 25.0 Å². The minimum absolute atomic E-state index is 0.118. The van der Waals surface area contributed by atoms with E-state index in [9.17, 15) is 24.5 Å². The molecule has 3 aromatic rings. The van der Waals surface area contributed by atoms with Crippen molar-refractivity contribution in [2.75, 3.05) is 4.90 Å². The van der Waals surface area contributed by atoms with Crippen LogP contribution in [0.25, 0.3) is 11.1 Å². The largest absolute Gasteiger partial charge is 0.298 e. The maximum atomic E-state index is 14.2. The van der Waals surface area contributed by atoms with Crippen molar-refractivity contribution in [3.8, 4) is 0 Å². The topological polar surface area (TPSA) is 97.6 Å². The number of carbonyl (C=O) groups is 3. The molecule has 4 atom stereocenters. The van der Waals surface area contributed by atoms with Crippen molar-refractivity contribution in [1.29, 1.82) is 0 Å². The minimum atomic E-state index is -1.20. The van der Waals surface area contributed by atoms with E-state index in [-0.39, 0.29) is 17.2 Å². The van der Waals surface area contributed by atoms with E-state index in [1.807, 2.05) is 60.7 Å². The smallest absolute Gasteiger partial charge is 0.269 e. The summed E-state index contributed by atoms with van der Waals surface area (Å²) in [6, 6.07) is 24.5. The number of nitrogens with zero attached hydrogens (tertiary/aromatic N) is 2. The van der Waals surface area contributed by atoms with Crippen molar-refractivity contribution in [2.45, 2.75) is 13.8 Å². The molecule has 0 unspecified atom stereocenters. The van der Waals surface area contributed by atoms with Gasteiger partial charge in [-0.05, 0) is 48.3 Å². The number of hydrogen-bond acceptors (Lipinski definition) is 5. The standard InChI is InChI=1S/C29H22N2O5/c1-28-21(17-9-5-3-6-10-17)22(18-11-7-4-8-12-18)29(2,27(28)34)24-23(28)25(32)30(26(24)33)19-13-15-20(16-14-19)31(35)36/h3-16,23-24H,1-2H3/t23-,24-,28-,29+/m1/s1. The molecule has 3 aliphatic rings. The van der Waals surface area contributed by atoms with Crippen molar-refractivity contribution in [3.05, 3.63) is 106 Å². The quantitative estimate of drug-likeness (QED) is 0.301. The normalized spacial score (nSPS) is 28.7. The average Bonchev–Trinajstić information content (AvgIpc) is 3.34. The van der Waals surface area contributed by atoms with Gasteiger partial charge in [0.1, 0.15) is 0 Å². The van der Waals surface area contributed by atoms with Crippen LogP contribution in [0.2, 0.25) is 0 Å². The lowest BCUT2D eigenvalue weighted by atomic mass is 9.63. The molecular weight excluding hydrogens is 456 g/mol. The number of ketones is 1. The van der Waals surface area contributed by atoms with Crippen LogP contribution in [0, 0.1) is 32.8 Å². The second-order valence-electron chi connectivity index (χ2n) is 9.96. The molecule has 0 radical (unpaired) electrons. The van der Waals surface area contributed by atoms with E-state index in [0.717, 1.165) is 27.2 Å². The van der Waals surface area contributed by atoms with Crippen LogP contribution in [0.3, 0.4) is 0 Å². The van der Waals surface area contributed by atoms with Crippen molar-refractivity contribution in [2.24, 2.45) is 22.7 Å². The van der Waals surface area contributed by atoms with Gasteiger partial charge in [0.25, 0.3) is 5.69 Å². The molecular formula is C29H22N2O5. The van der Waals surface area contributed by atoms with Gasteiger partial charge in [0.15, 0.2) is 5.78 Å². The molecule has 6 rings (SSSR count). The van der Waals surface area contributed by atoms with Crippen LogP contribution in [0.15, 0.2) is 84.9 Å². The lowest BCUT2D eigenvalue weighted by Gasteiger charge is -2.35. The second kappa shape index (κ2) is 7.31. The van der Waals surface area contributed by atoms with E-state index in [0.29, 0.717) is 0 Å². The molecule has 0 aromatic heterocycles. The number of amides is 2. The number of benzene rings is 3. The van der Waals surface area contributed by atoms with Gasteiger partial charge in [-0.3, -0.25) is 24.5 Å². The van der Waals surface area contributed by atoms with E-state index in [1.165, 1.54) is 24.3 Å². The fourth-order valence-corrected chi connectivity index (χ4v) is 6.79. The molecule has 2 bridgehead atoms. The third-order valence-corrected chi connectivity index (χ3v) is 8.23. The molecule has 1 saturated heterocycles. The van der Waals surface area contributed by atoms with Gasteiger partial charge in [-0.15, -0.1) is 0 Å². The van der Waals surface area contributed by atoms with Gasteiger partial charge in [-0.25, -0.2) is 4.90 Å². The molecule has 7 nitrogen and oxygen atoms in total. The zero-order valence-electron chi connectivity index (χ0n) is 19.7. The van der Waals surface area contributed by atoms with Crippen molar-refractivity contribution in [1.82, 2.24) is 0 Å². The number of anilines is 1. The van der Waals surface area contributed by atoms with Crippen LogP contribution in [-0.2, 0) is 14.4 Å². The second-order valence-corrected chi connectivity index (χ2v) is 9.96. The lowest BCUT2D eigenvalue weighted by Crippen LogP contribution is -2.40. The maximum absolute atomic E-state index is 14.2. The molecule has 36 heavy (non-hydrogen) atoms. The number of nitro groups is 1.